The van der Waals surface area contributed by atoms with E-state index in [1.165, 1.54) is 24.3 Å². The fourth-order valence-corrected chi connectivity index (χ4v) is 3.82. The zero-order valence-corrected chi connectivity index (χ0v) is 22.0. The molecule has 1 aromatic rings. The minimum atomic E-state index is -1.15. The summed E-state index contributed by atoms with van der Waals surface area (Å²) in [7, 11) is 0. The summed E-state index contributed by atoms with van der Waals surface area (Å²) in [4.78, 5) is 57.4. The molecule has 1 rings (SSSR count). The van der Waals surface area contributed by atoms with E-state index in [0.29, 0.717) is 24.3 Å². The third-order valence-corrected chi connectivity index (χ3v) is 6.38. The number of H-pyrrole nitrogens is 1. The molecule has 7 N–H and O–H groups in total. The molecule has 0 bridgehead atoms. The topological polar surface area (TPSA) is 179 Å². The third kappa shape index (κ3) is 10.7. The van der Waals surface area contributed by atoms with Gasteiger partial charge < -0.3 is 31.8 Å². The molecule has 3 amide bonds. The van der Waals surface area contributed by atoms with Crippen LogP contribution in [0.3, 0.4) is 0 Å². The van der Waals surface area contributed by atoms with Crippen LogP contribution in [0.2, 0.25) is 0 Å². The molecule has 35 heavy (non-hydrogen) atoms. The number of hydrogen-bond donors (Lipinski definition) is 6. The number of nitrogens with one attached hydrogen (secondary N) is 4. The normalized spacial score (nSPS) is 15.5. The lowest BCUT2D eigenvalue weighted by Gasteiger charge is -2.26. The first kappa shape index (κ1) is 30.4. The van der Waals surface area contributed by atoms with Gasteiger partial charge in [0.25, 0.3) is 0 Å². The highest BCUT2D eigenvalue weighted by Gasteiger charge is 2.31. The van der Waals surface area contributed by atoms with Gasteiger partial charge in [-0.05, 0) is 36.7 Å². The highest BCUT2D eigenvalue weighted by atomic mass is 32.2. The summed E-state index contributed by atoms with van der Waals surface area (Å²) in [5.41, 5.74) is 6.62. The summed E-state index contributed by atoms with van der Waals surface area (Å²) >= 11 is 1.52. The van der Waals surface area contributed by atoms with Gasteiger partial charge in [0.1, 0.15) is 18.1 Å². The van der Waals surface area contributed by atoms with Gasteiger partial charge in [-0.2, -0.15) is 11.8 Å². The number of carbonyl (C=O) groups is 4. The summed E-state index contributed by atoms with van der Waals surface area (Å²) in [6, 6.07) is -3.83. The number of imidazole rings is 1. The zero-order valence-electron chi connectivity index (χ0n) is 21.2. The Bertz CT molecular complexity index is 819. The van der Waals surface area contributed by atoms with Gasteiger partial charge in [0.05, 0.1) is 12.4 Å². The predicted molar refractivity (Wildman–Crippen MR) is 136 cm³/mol. The number of aromatic amines is 1. The van der Waals surface area contributed by atoms with Crippen molar-refractivity contribution >= 4 is 35.5 Å². The molecule has 0 aliphatic rings. The standard InChI is InChI=1S/C23H40N6O5S/c1-6-14(4)19(24)22(32)27-16(7-8-35-5)20(30)28-17(10-15-11-25-12-26-15)21(31)29-18(23(33)34)9-13(2)3/h11-14,16-19H,6-10,24H2,1-5H3,(H,25,26)(H,27,32)(H,28,30)(H,29,31)(H,33,34). The van der Waals surface area contributed by atoms with E-state index < -0.39 is 47.9 Å². The Morgan fingerprint density at radius 1 is 1.06 bits per heavy atom. The molecule has 0 saturated heterocycles. The van der Waals surface area contributed by atoms with E-state index in [1.54, 1.807) is 0 Å². The van der Waals surface area contributed by atoms with Gasteiger partial charge in [-0.1, -0.05) is 34.1 Å². The van der Waals surface area contributed by atoms with Crippen molar-refractivity contribution < 1.29 is 24.3 Å². The number of nitrogens with zero attached hydrogens (tertiary/aromatic N) is 1. The minimum Gasteiger partial charge on any atom is -0.480 e. The average Bonchev–Trinajstić information content (AvgIpc) is 3.32. The van der Waals surface area contributed by atoms with Crippen LogP contribution in [0.25, 0.3) is 0 Å². The zero-order chi connectivity index (χ0) is 26.5. The van der Waals surface area contributed by atoms with Gasteiger partial charge >= 0.3 is 5.97 Å². The molecule has 11 nitrogen and oxygen atoms in total. The van der Waals surface area contributed by atoms with Crippen LogP contribution in [0.5, 0.6) is 0 Å². The smallest absolute Gasteiger partial charge is 0.326 e. The van der Waals surface area contributed by atoms with E-state index in [0.717, 1.165) is 0 Å². The first-order valence-electron chi connectivity index (χ1n) is 11.9. The maximum Gasteiger partial charge on any atom is 0.326 e. The van der Waals surface area contributed by atoms with Crippen molar-refractivity contribution in [1.82, 2.24) is 25.9 Å². The number of nitrogens with two attached hydrogens (primary N) is 1. The van der Waals surface area contributed by atoms with Crippen LogP contribution in [0.1, 0.15) is 52.7 Å². The van der Waals surface area contributed by atoms with Crippen molar-refractivity contribution in [2.45, 2.75) is 77.5 Å². The number of carboxylic acid groups (broad SMARTS) is 1. The van der Waals surface area contributed by atoms with E-state index in [1.807, 2.05) is 34.0 Å². The molecular weight excluding hydrogens is 472 g/mol. The fourth-order valence-electron chi connectivity index (χ4n) is 3.35. The van der Waals surface area contributed by atoms with Gasteiger partial charge in [0, 0.05) is 18.3 Å². The van der Waals surface area contributed by atoms with Gasteiger partial charge in [0.15, 0.2) is 0 Å². The maximum absolute atomic E-state index is 13.2. The molecule has 0 saturated carbocycles. The van der Waals surface area contributed by atoms with E-state index in [2.05, 4.69) is 25.9 Å². The Hall–Kier alpha value is -2.60. The average molecular weight is 513 g/mol. The minimum absolute atomic E-state index is 0.0397. The molecule has 1 heterocycles. The van der Waals surface area contributed by atoms with Crippen molar-refractivity contribution in [3.63, 3.8) is 0 Å². The summed E-state index contributed by atoms with van der Waals surface area (Å²) in [5.74, 6) is -2.18. The Morgan fingerprint density at radius 3 is 2.17 bits per heavy atom. The van der Waals surface area contributed by atoms with Crippen LogP contribution < -0.4 is 21.7 Å². The molecule has 0 aliphatic heterocycles. The molecule has 5 atom stereocenters. The number of aliphatic carboxylic acids is 1. The van der Waals surface area contributed by atoms with Crippen molar-refractivity contribution in [3.05, 3.63) is 18.2 Å². The lowest BCUT2D eigenvalue weighted by molar-refractivity contribution is -0.142. The quantitative estimate of drug-likeness (QED) is 0.187. The highest BCUT2D eigenvalue weighted by molar-refractivity contribution is 7.98. The number of aromatic nitrogens is 2. The Kier molecular flexibility index (Phi) is 13.4. The van der Waals surface area contributed by atoms with Crippen LogP contribution in [0.15, 0.2) is 12.5 Å². The van der Waals surface area contributed by atoms with Gasteiger partial charge in [0.2, 0.25) is 17.7 Å². The third-order valence-electron chi connectivity index (χ3n) is 5.74. The number of rotatable bonds is 16. The summed E-state index contributed by atoms with van der Waals surface area (Å²) in [5, 5.41) is 17.5. The van der Waals surface area contributed by atoms with Crippen molar-refractivity contribution in [2.75, 3.05) is 12.0 Å². The van der Waals surface area contributed by atoms with Crippen molar-refractivity contribution in [3.8, 4) is 0 Å². The molecule has 0 aromatic carbocycles. The Morgan fingerprint density at radius 2 is 1.66 bits per heavy atom. The molecule has 5 unspecified atom stereocenters. The molecular formula is C23H40N6O5S. The van der Waals surface area contributed by atoms with E-state index in [-0.39, 0.29) is 24.7 Å². The summed E-state index contributed by atoms with van der Waals surface area (Å²) < 4.78 is 0. The van der Waals surface area contributed by atoms with Gasteiger partial charge in [-0.25, -0.2) is 9.78 Å². The molecule has 0 fully saturated rings. The number of amides is 3. The van der Waals surface area contributed by atoms with Gasteiger partial charge in [-0.3, -0.25) is 14.4 Å². The van der Waals surface area contributed by atoms with Crippen LogP contribution in [-0.2, 0) is 25.6 Å². The van der Waals surface area contributed by atoms with Crippen LogP contribution in [0.4, 0.5) is 0 Å². The lowest BCUT2D eigenvalue weighted by atomic mass is 9.99. The van der Waals surface area contributed by atoms with Crippen LogP contribution in [0, 0.1) is 11.8 Å². The second kappa shape index (κ2) is 15.4. The van der Waals surface area contributed by atoms with Crippen molar-refractivity contribution in [1.29, 1.82) is 0 Å². The number of carboxylic acids is 1. The second-order valence-corrected chi connectivity index (χ2v) is 10.1. The van der Waals surface area contributed by atoms with E-state index in [9.17, 15) is 24.3 Å². The predicted octanol–water partition coefficient (Wildman–Crippen LogP) is 0.664. The number of carbonyl (C=O) groups excluding carboxylic acids is 3. The summed E-state index contributed by atoms with van der Waals surface area (Å²) in [6.07, 6.45) is 6.22. The molecule has 0 aliphatic carbocycles. The number of hydrogen-bond acceptors (Lipinski definition) is 7. The van der Waals surface area contributed by atoms with E-state index >= 15 is 0 Å². The maximum atomic E-state index is 13.2. The molecule has 198 valence electrons. The lowest BCUT2D eigenvalue weighted by Crippen LogP contribution is -2.58. The van der Waals surface area contributed by atoms with E-state index in [4.69, 9.17) is 5.73 Å². The van der Waals surface area contributed by atoms with Crippen molar-refractivity contribution in [2.24, 2.45) is 17.6 Å². The second-order valence-electron chi connectivity index (χ2n) is 9.13. The molecule has 1 aromatic heterocycles. The fraction of sp³-hybridized carbons (Fsp3) is 0.696. The largest absolute Gasteiger partial charge is 0.480 e. The molecule has 0 radical (unpaired) electrons. The Labute approximate surface area is 211 Å². The molecule has 0 spiro atoms. The first-order chi connectivity index (χ1) is 16.5. The highest BCUT2D eigenvalue weighted by Crippen LogP contribution is 2.09. The monoisotopic (exact) mass is 512 g/mol. The van der Waals surface area contributed by atoms with Gasteiger partial charge in [-0.15, -0.1) is 0 Å². The van der Waals surface area contributed by atoms with Crippen LogP contribution in [-0.4, -0.2) is 74.9 Å². The van der Waals surface area contributed by atoms with Crippen LogP contribution >= 0.6 is 11.8 Å². The summed E-state index contributed by atoms with van der Waals surface area (Å²) in [6.45, 7) is 7.50. The number of thioether (sulfide) groups is 1. The SMILES string of the molecule is CCC(C)C(N)C(=O)NC(CCSC)C(=O)NC(Cc1cnc[nH]1)C(=O)NC(CC(C)C)C(=O)O. The first-order valence-corrected chi connectivity index (χ1v) is 13.2. The molecule has 12 heteroatoms. The Balaban J connectivity index is 3.05.